The van der Waals surface area contributed by atoms with Crippen LogP contribution in [0.4, 0.5) is 11.4 Å². The first-order valence-corrected chi connectivity index (χ1v) is 5.72. The predicted octanol–water partition coefficient (Wildman–Crippen LogP) is 3.04. The number of nitrogens with one attached hydrogen (secondary N) is 1. The molecule has 0 saturated heterocycles. The lowest BCUT2D eigenvalue weighted by Crippen LogP contribution is -2.13. The van der Waals surface area contributed by atoms with Crippen LogP contribution in [0, 0.1) is 20.8 Å². The van der Waals surface area contributed by atoms with E-state index in [0.29, 0.717) is 17.0 Å². The quantitative estimate of drug-likeness (QED) is 0.798. The van der Waals surface area contributed by atoms with E-state index < -0.39 is 0 Å². The standard InChI is InChI=1S/C14H16N2O2/c1-8-4-5-11(15)7-13(8)16-14(17)12-6-9(2)18-10(12)3/h4-7H,15H2,1-3H3,(H,16,17). The molecule has 0 atom stereocenters. The first-order valence-electron chi connectivity index (χ1n) is 5.72. The summed E-state index contributed by atoms with van der Waals surface area (Å²) in [4.78, 5) is 12.1. The van der Waals surface area contributed by atoms with Gasteiger partial charge in [0, 0.05) is 11.4 Å². The van der Waals surface area contributed by atoms with Gasteiger partial charge in [-0.2, -0.15) is 0 Å². The number of anilines is 2. The van der Waals surface area contributed by atoms with Crippen LogP contribution in [-0.2, 0) is 0 Å². The van der Waals surface area contributed by atoms with Crippen LogP contribution in [0.15, 0.2) is 28.7 Å². The van der Waals surface area contributed by atoms with Gasteiger partial charge in [0.2, 0.25) is 0 Å². The van der Waals surface area contributed by atoms with Gasteiger partial charge < -0.3 is 15.5 Å². The van der Waals surface area contributed by atoms with Crippen molar-refractivity contribution in [3.63, 3.8) is 0 Å². The van der Waals surface area contributed by atoms with Crippen molar-refractivity contribution in [3.8, 4) is 0 Å². The van der Waals surface area contributed by atoms with Crippen LogP contribution in [0.25, 0.3) is 0 Å². The molecule has 1 amide bonds. The Hall–Kier alpha value is -2.23. The minimum absolute atomic E-state index is 0.182. The molecule has 4 heteroatoms. The molecule has 0 aliphatic heterocycles. The van der Waals surface area contributed by atoms with E-state index in [1.165, 1.54) is 0 Å². The highest BCUT2D eigenvalue weighted by Gasteiger charge is 2.14. The number of hydrogen-bond acceptors (Lipinski definition) is 3. The van der Waals surface area contributed by atoms with Crippen molar-refractivity contribution in [2.75, 3.05) is 11.1 Å². The Labute approximate surface area is 106 Å². The van der Waals surface area contributed by atoms with Gasteiger partial charge in [-0.1, -0.05) is 6.07 Å². The normalized spacial score (nSPS) is 10.4. The predicted molar refractivity (Wildman–Crippen MR) is 71.7 cm³/mol. The van der Waals surface area contributed by atoms with Crippen LogP contribution in [0.3, 0.4) is 0 Å². The number of nitrogens with two attached hydrogens (primary N) is 1. The zero-order valence-electron chi connectivity index (χ0n) is 10.7. The Morgan fingerprint density at radius 3 is 2.56 bits per heavy atom. The number of hydrogen-bond donors (Lipinski definition) is 2. The molecular weight excluding hydrogens is 228 g/mol. The zero-order valence-corrected chi connectivity index (χ0v) is 10.7. The van der Waals surface area contributed by atoms with E-state index in [9.17, 15) is 4.79 Å². The summed E-state index contributed by atoms with van der Waals surface area (Å²) in [6.45, 7) is 5.51. The van der Waals surface area contributed by atoms with Crippen molar-refractivity contribution >= 4 is 17.3 Å². The SMILES string of the molecule is Cc1cc(C(=O)Nc2cc(N)ccc2C)c(C)o1. The second kappa shape index (κ2) is 4.56. The molecule has 0 bridgehead atoms. The van der Waals surface area contributed by atoms with Gasteiger partial charge in [-0.15, -0.1) is 0 Å². The summed E-state index contributed by atoms with van der Waals surface area (Å²) in [6, 6.07) is 7.15. The Morgan fingerprint density at radius 1 is 1.22 bits per heavy atom. The molecule has 3 N–H and O–H groups in total. The van der Waals surface area contributed by atoms with E-state index in [-0.39, 0.29) is 5.91 Å². The Kier molecular flexibility index (Phi) is 3.10. The van der Waals surface area contributed by atoms with Crippen LogP contribution in [0.1, 0.15) is 27.4 Å². The summed E-state index contributed by atoms with van der Waals surface area (Å²) in [5.41, 5.74) is 8.57. The fourth-order valence-electron chi connectivity index (χ4n) is 1.82. The maximum atomic E-state index is 12.1. The lowest BCUT2D eigenvalue weighted by Gasteiger charge is -2.08. The molecule has 4 nitrogen and oxygen atoms in total. The second-order valence-corrected chi connectivity index (χ2v) is 4.36. The monoisotopic (exact) mass is 244 g/mol. The number of nitrogen functional groups attached to an aromatic ring is 1. The summed E-state index contributed by atoms with van der Waals surface area (Å²) >= 11 is 0. The van der Waals surface area contributed by atoms with E-state index in [4.69, 9.17) is 10.2 Å². The van der Waals surface area contributed by atoms with Crippen LogP contribution in [0.2, 0.25) is 0 Å². The van der Waals surface area contributed by atoms with Crippen molar-refractivity contribution in [2.45, 2.75) is 20.8 Å². The van der Waals surface area contributed by atoms with Crippen molar-refractivity contribution < 1.29 is 9.21 Å². The lowest BCUT2D eigenvalue weighted by molar-refractivity contribution is 0.102. The first kappa shape index (κ1) is 12.2. The number of carbonyl (C=O) groups is 1. The largest absolute Gasteiger partial charge is 0.466 e. The average Bonchev–Trinajstić information content (AvgIpc) is 2.63. The molecule has 1 aromatic heterocycles. The minimum atomic E-state index is -0.182. The van der Waals surface area contributed by atoms with E-state index in [2.05, 4.69) is 5.32 Å². The summed E-state index contributed by atoms with van der Waals surface area (Å²) < 4.78 is 5.34. The highest BCUT2D eigenvalue weighted by atomic mass is 16.3. The molecule has 0 aliphatic rings. The summed E-state index contributed by atoms with van der Waals surface area (Å²) in [7, 11) is 0. The Morgan fingerprint density at radius 2 is 1.94 bits per heavy atom. The smallest absolute Gasteiger partial charge is 0.259 e. The van der Waals surface area contributed by atoms with E-state index in [1.54, 1.807) is 25.1 Å². The fraction of sp³-hybridized carbons (Fsp3) is 0.214. The van der Waals surface area contributed by atoms with Gasteiger partial charge in [-0.25, -0.2) is 0 Å². The van der Waals surface area contributed by atoms with Gasteiger partial charge in [0.1, 0.15) is 11.5 Å². The molecule has 94 valence electrons. The molecule has 2 aromatic rings. The molecule has 18 heavy (non-hydrogen) atoms. The molecule has 0 spiro atoms. The maximum Gasteiger partial charge on any atom is 0.259 e. The highest BCUT2D eigenvalue weighted by Crippen LogP contribution is 2.20. The number of aryl methyl sites for hydroxylation is 3. The van der Waals surface area contributed by atoms with Crippen LogP contribution in [-0.4, -0.2) is 5.91 Å². The minimum Gasteiger partial charge on any atom is -0.466 e. The first-order chi connectivity index (χ1) is 8.47. The molecular formula is C14H16N2O2. The number of benzene rings is 1. The molecule has 1 aromatic carbocycles. The number of rotatable bonds is 2. The van der Waals surface area contributed by atoms with Crippen molar-refractivity contribution in [3.05, 3.63) is 46.9 Å². The van der Waals surface area contributed by atoms with Crippen molar-refractivity contribution in [1.29, 1.82) is 0 Å². The molecule has 0 radical (unpaired) electrons. The average molecular weight is 244 g/mol. The topological polar surface area (TPSA) is 68.3 Å². The number of amides is 1. The molecule has 0 aliphatic carbocycles. The van der Waals surface area contributed by atoms with Gasteiger partial charge in [-0.3, -0.25) is 4.79 Å². The Bertz CT molecular complexity index is 600. The summed E-state index contributed by atoms with van der Waals surface area (Å²) in [6.07, 6.45) is 0. The van der Waals surface area contributed by atoms with Gasteiger partial charge >= 0.3 is 0 Å². The van der Waals surface area contributed by atoms with Crippen LogP contribution in [0.5, 0.6) is 0 Å². The third-order valence-corrected chi connectivity index (χ3v) is 2.80. The number of furan rings is 1. The van der Waals surface area contributed by atoms with Crippen molar-refractivity contribution in [2.24, 2.45) is 0 Å². The molecule has 0 unspecified atom stereocenters. The third kappa shape index (κ3) is 2.37. The van der Waals surface area contributed by atoms with Gasteiger partial charge in [0.25, 0.3) is 5.91 Å². The number of carbonyl (C=O) groups excluding carboxylic acids is 1. The lowest BCUT2D eigenvalue weighted by atomic mass is 10.1. The second-order valence-electron chi connectivity index (χ2n) is 4.36. The summed E-state index contributed by atoms with van der Waals surface area (Å²) in [5, 5.41) is 2.84. The molecule has 0 fully saturated rings. The highest BCUT2D eigenvalue weighted by molar-refractivity contribution is 6.05. The third-order valence-electron chi connectivity index (χ3n) is 2.80. The van der Waals surface area contributed by atoms with Crippen LogP contribution < -0.4 is 11.1 Å². The fourth-order valence-corrected chi connectivity index (χ4v) is 1.82. The van der Waals surface area contributed by atoms with Gasteiger partial charge in [-0.05, 0) is 44.5 Å². The molecule has 2 rings (SSSR count). The maximum absolute atomic E-state index is 12.1. The zero-order chi connectivity index (χ0) is 13.3. The van der Waals surface area contributed by atoms with E-state index in [1.807, 2.05) is 19.9 Å². The van der Waals surface area contributed by atoms with Crippen LogP contribution >= 0.6 is 0 Å². The van der Waals surface area contributed by atoms with E-state index >= 15 is 0 Å². The van der Waals surface area contributed by atoms with Crippen molar-refractivity contribution in [1.82, 2.24) is 0 Å². The molecule has 1 heterocycles. The molecule has 0 saturated carbocycles. The summed E-state index contributed by atoms with van der Waals surface area (Å²) in [5.74, 6) is 1.16. The van der Waals surface area contributed by atoms with Gasteiger partial charge in [0.15, 0.2) is 0 Å². The van der Waals surface area contributed by atoms with E-state index in [0.717, 1.165) is 17.0 Å². The Balaban J connectivity index is 2.26. The van der Waals surface area contributed by atoms with Gasteiger partial charge in [0.05, 0.1) is 5.56 Å².